The molecule has 0 saturated carbocycles. The molecular weight excluding hydrogens is 334 g/mol. The fourth-order valence-corrected chi connectivity index (χ4v) is 3.27. The molecule has 27 heavy (non-hydrogen) atoms. The molecule has 3 nitrogen and oxygen atoms in total. The second-order valence-corrected chi connectivity index (χ2v) is 6.93. The third kappa shape index (κ3) is 5.68. The van der Waals surface area contributed by atoms with Crippen molar-refractivity contribution < 1.29 is 9.84 Å². The molecule has 0 radical (unpaired) electrons. The van der Waals surface area contributed by atoms with E-state index in [0.717, 1.165) is 24.4 Å². The summed E-state index contributed by atoms with van der Waals surface area (Å²) in [5.41, 5.74) is 4.65. The minimum atomic E-state index is -0.519. The van der Waals surface area contributed by atoms with Gasteiger partial charge in [0.15, 0.2) is 0 Å². The van der Waals surface area contributed by atoms with Gasteiger partial charge in [0.25, 0.3) is 0 Å². The van der Waals surface area contributed by atoms with Crippen molar-refractivity contribution in [1.82, 2.24) is 4.90 Å². The fourth-order valence-electron chi connectivity index (χ4n) is 3.27. The van der Waals surface area contributed by atoms with Gasteiger partial charge < -0.3 is 9.84 Å². The lowest BCUT2D eigenvalue weighted by Crippen LogP contribution is -2.28. The molecule has 3 rings (SSSR count). The minimum Gasteiger partial charge on any atom is -0.497 e. The Bertz CT molecular complexity index is 831. The summed E-state index contributed by atoms with van der Waals surface area (Å²) in [4.78, 5) is 2.29. The van der Waals surface area contributed by atoms with Crippen molar-refractivity contribution in [2.24, 2.45) is 0 Å². The standard InChI is InChI=1S/C24H27NO2/c1-19-7-6-8-21(15-19)17-25(16-20-11-13-23(27-2)14-12-20)18-24(26)22-9-4-3-5-10-22/h3-15,24,26H,16-18H2,1-2H3/t24-/m1/s1. The summed E-state index contributed by atoms with van der Waals surface area (Å²) in [5.74, 6) is 0.855. The van der Waals surface area contributed by atoms with E-state index in [0.29, 0.717) is 6.54 Å². The normalized spacial score (nSPS) is 12.1. The Morgan fingerprint density at radius 2 is 1.56 bits per heavy atom. The third-order valence-electron chi connectivity index (χ3n) is 4.67. The van der Waals surface area contributed by atoms with E-state index in [4.69, 9.17) is 4.74 Å². The molecular formula is C24H27NO2. The van der Waals surface area contributed by atoms with Crippen molar-refractivity contribution in [2.75, 3.05) is 13.7 Å². The molecule has 3 aromatic carbocycles. The summed E-state index contributed by atoms with van der Waals surface area (Å²) in [6.07, 6.45) is -0.519. The van der Waals surface area contributed by atoms with Gasteiger partial charge in [0.1, 0.15) is 5.75 Å². The van der Waals surface area contributed by atoms with E-state index in [1.54, 1.807) is 7.11 Å². The zero-order valence-electron chi connectivity index (χ0n) is 16.0. The Labute approximate surface area is 161 Å². The van der Waals surface area contributed by atoms with Gasteiger partial charge in [-0.25, -0.2) is 0 Å². The number of aliphatic hydroxyl groups is 1. The molecule has 1 N–H and O–H groups in total. The van der Waals surface area contributed by atoms with Gasteiger partial charge in [-0.1, -0.05) is 72.3 Å². The Balaban J connectivity index is 1.76. The van der Waals surface area contributed by atoms with Gasteiger partial charge in [-0.15, -0.1) is 0 Å². The SMILES string of the molecule is COc1ccc(CN(Cc2cccc(C)c2)C[C@@H](O)c2ccccc2)cc1. The number of aryl methyl sites for hydroxylation is 1. The van der Waals surface area contributed by atoms with Gasteiger partial charge in [0.05, 0.1) is 13.2 Å². The molecule has 0 aliphatic rings. The molecule has 0 spiro atoms. The Kier molecular flexibility index (Phi) is 6.64. The number of hydrogen-bond donors (Lipinski definition) is 1. The van der Waals surface area contributed by atoms with Crippen LogP contribution in [0.3, 0.4) is 0 Å². The van der Waals surface area contributed by atoms with Gasteiger partial charge >= 0.3 is 0 Å². The first-order chi connectivity index (χ1) is 13.1. The third-order valence-corrected chi connectivity index (χ3v) is 4.67. The van der Waals surface area contributed by atoms with Crippen molar-refractivity contribution in [3.63, 3.8) is 0 Å². The predicted molar refractivity (Wildman–Crippen MR) is 110 cm³/mol. The van der Waals surface area contributed by atoms with Crippen LogP contribution < -0.4 is 4.74 Å². The van der Waals surface area contributed by atoms with Crippen LogP contribution in [0.2, 0.25) is 0 Å². The van der Waals surface area contributed by atoms with E-state index < -0.39 is 6.10 Å². The first-order valence-electron chi connectivity index (χ1n) is 9.28. The summed E-state index contributed by atoms with van der Waals surface area (Å²) in [5, 5.41) is 10.7. The molecule has 0 aliphatic heterocycles. The van der Waals surface area contributed by atoms with Crippen molar-refractivity contribution in [3.05, 3.63) is 101 Å². The van der Waals surface area contributed by atoms with Crippen molar-refractivity contribution in [2.45, 2.75) is 26.1 Å². The smallest absolute Gasteiger partial charge is 0.118 e. The average molecular weight is 361 g/mol. The van der Waals surface area contributed by atoms with E-state index in [2.05, 4.69) is 48.2 Å². The molecule has 0 unspecified atom stereocenters. The predicted octanol–water partition coefficient (Wildman–Crippen LogP) is 4.74. The summed E-state index contributed by atoms with van der Waals surface area (Å²) in [6.45, 7) is 4.24. The summed E-state index contributed by atoms with van der Waals surface area (Å²) in [7, 11) is 1.68. The molecule has 0 amide bonds. The summed E-state index contributed by atoms with van der Waals surface area (Å²) in [6, 6.07) is 26.5. The number of nitrogens with zero attached hydrogens (tertiary/aromatic N) is 1. The van der Waals surface area contributed by atoms with Gasteiger partial charge in [-0.2, -0.15) is 0 Å². The van der Waals surface area contributed by atoms with Crippen molar-refractivity contribution in [3.8, 4) is 5.75 Å². The number of methoxy groups -OCH3 is 1. The summed E-state index contributed by atoms with van der Waals surface area (Å²) < 4.78 is 5.25. The van der Waals surface area contributed by atoms with E-state index in [-0.39, 0.29) is 0 Å². The van der Waals surface area contributed by atoms with Crippen molar-refractivity contribution >= 4 is 0 Å². The molecule has 3 heteroatoms. The number of benzene rings is 3. The number of ether oxygens (including phenoxy) is 1. The Morgan fingerprint density at radius 1 is 0.852 bits per heavy atom. The zero-order valence-corrected chi connectivity index (χ0v) is 16.0. The molecule has 0 aromatic heterocycles. The monoisotopic (exact) mass is 361 g/mol. The molecule has 0 fully saturated rings. The molecule has 0 heterocycles. The van der Waals surface area contributed by atoms with E-state index in [9.17, 15) is 5.11 Å². The van der Waals surface area contributed by atoms with E-state index in [1.807, 2.05) is 42.5 Å². The van der Waals surface area contributed by atoms with Crippen molar-refractivity contribution in [1.29, 1.82) is 0 Å². The highest BCUT2D eigenvalue weighted by Crippen LogP contribution is 2.19. The van der Waals surface area contributed by atoms with Crippen LogP contribution in [0.5, 0.6) is 5.75 Å². The highest BCUT2D eigenvalue weighted by molar-refractivity contribution is 5.28. The maximum atomic E-state index is 10.7. The number of rotatable bonds is 8. The summed E-state index contributed by atoms with van der Waals surface area (Å²) >= 11 is 0. The molecule has 0 bridgehead atoms. The van der Waals surface area contributed by atoms with Gasteiger partial charge in [0.2, 0.25) is 0 Å². The maximum Gasteiger partial charge on any atom is 0.118 e. The number of aliphatic hydroxyl groups excluding tert-OH is 1. The maximum absolute atomic E-state index is 10.7. The molecule has 3 aromatic rings. The van der Waals surface area contributed by atoms with E-state index in [1.165, 1.54) is 16.7 Å². The topological polar surface area (TPSA) is 32.7 Å². The second kappa shape index (κ2) is 9.36. The molecule has 140 valence electrons. The second-order valence-electron chi connectivity index (χ2n) is 6.93. The molecule has 1 atom stereocenters. The van der Waals surface area contributed by atoms with Crippen LogP contribution in [-0.2, 0) is 13.1 Å². The Hall–Kier alpha value is -2.62. The first kappa shape index (κ1) is 19.2. The van der Waals surface area contributed by atoms with Gasteiger partial charge in [-0.05, 0) is 35.7 Å². The average Bonchev–Trinajstić information content (AvgIpc) is 2.69. The highest BCUT2D eigenvalue weighted by Gasteiger charge is 2.15. The van der Waals surface area contributed by atoms with Gasteiger partial charge in [0, 0.05) is 19.6 Å². The largest absolute Gasteiger partial charge is 0.497 e. The quantitative estimate of drug-likeness (QED) is 0.629. The number of hydrogen-bond acceptors (Lipinski definition) is 3. The van der Waals surface area contributed by atoms with Gasteiger partial charge in [-0.3, -0.25) is 4.90 Å². The first-order valence-corrected chi connectivity index (χ1v) is 9.28. The Morgan fingerprint density at radius 3 is 2.22 bits per heavy atom. The lowest BCUT2D eigenvalue weighted by Gasteiger charge is -2.26. The van der Waals surface area contributed by atoms with Crippen LogP contribution in [0.15, 0.2) is 78.9 Å². The molecule has 0 saturated heterocycles. The van der Waals surface area contributed by atoms with E-state index >= 15 is 0 Å². The zero-order chi connectivity index (χ0) is 19.1. The van der Waals surface area contributed by atoms with Crippen LogP contribution in [0, 0.1) is 6.92 Å². The lowest BCUT2D eigenvalue weighted by atomic mass is 10.1. The minimum absolute atomic E-state index is 0.519. The van der Waals surface area contributed by atoms with Crippen LogP contribution in [0.1, 0.15) is 28.4 Å². The van der Waals surface area contributed by atoms with Crippen LogP contribution in [0.4, 0.5) is 0 Å². The van der Waals surface area contributed by atoms with Crippen LogP contribution in [-0.4, -0.2) is 23.7 Å². The fraction of sp³-hybridized carbons (Fsp3) is 0.250. The van der Waals surface area contributed by atoms with Crippen LogP contribution in [0.25, 0.3) is 0 Å². The van der Waals surface area contributed by atoms with Crippen LogP contribution >= 0.6 is 0 Å². The lowest BCUT2D eigenvalue weighted by molar-refractivity contribution is 0.105. The highest BCUT2D eigenvalue weighted by atomic mass is 16.5. The molecule has 0 aliphatic carbocycles.